The summed E-state index contributed by atoms with van der Waals surface area (Å²) in [5, 5.41) is 9.55. The van der Waals surface area contributed by atoms with Crippen LogP contribution in [0.4, 0.5) is 0 Å². The molecule has 0 unspecified atom stereocenters. The third-order valence-electron chi connectivity index (χ3n) is 4.36. The summed E-state index contributed by atoms with van der Waals surface area (Å²) in [4.78, 5) is 3.58. The monoisotopic (exact) mass is 380 g/mol. The number of benzene rings is 2. The van der Waals surface area contributed by atoms with Gasteiger partial charge >= 0.3 is 0 Å². The summed E-state index contributed by atoms with van der Waals surface area (Å²) >= 11 is 1.81. The Labute approximate surface area is 167 Å². The second-order valence-corrected chi connectivity index (χ2v) is 7.41. The number of hydrogen-bond donors (Lipinski definition) is 0. The number of ether oxygens (including phenoxy) is 1. The third-order valence-corrected chi connectivity index (χ3v) is 5.25. The Hall–Kier alpha value is -2.22. The van der Waals surface area contributed by atoms with Crippen molar-refractivity contribution in [3.05, 3.63) is 59.7 Å². The van der Waals surface area contributed by atoms with E-state index in [-0.39, 0.29) is 0 Å². The molecule has 0 aliphatic heterocycles. The van der Waals surface area contributed by atoms with Gasteiger partial charge in [-0.3, -0.25) is 0 Å². The van der Waals surface area contributed by atoms with Gasteiger partial charge in [0, 0.05) is 11.4 Å². The number of nitriles is 1. The zero-order chi connectivity index (χ0) is 19.5. The number of hydrogen-bond acceptors (Lipinski definition) is 4. The van der Waals surface area contributed by atoms with E-state index in [9.17, 15) is 5.26 Å². The average Bonchev–Trinajstić information content (AvgIpc) is 2.71. The maximum absolute atomic E-state index is 9.55. The van der Waals surface area contributed by atoms with Gasteiger partial charge in [0.05, 0.1) is 11.6 Å². The second kappa shape index (κ2) is 11.5. The van der Waals surface area contributed by atoms with Gasteiger partial charge in [-0.15, -0.1) is 11.8 Å². The van der Waals surface area contributed by atoms with Gasteiger partial charge < -0.3 is 9.64 Å². The molecule has 0 N–H and O–H groups in total. The Kier molecular flexibility index (Phi) is 8.97. The summed E-state index contributed by atoms with van der Waals surface area (Å²) in [6, 6.07) is 18.4. The van der Waals surface area contributed by atoms with E-state index in [0.29, 0.717) is 12.2 Å². The van der Waals surface area contributed by atoms with E-state index in [1.165, 1.54) is 4.90 Å². The normalized spacial score (nSPS) is 11.4. The first-order valence-electron chi connectivity index (χ1n) is 9.50. The van der Waals surface area contributed by atoms with E-state index in [2.05, 4.69) is 56.0 Å². The molecule has 142 valence electrons. The average molecular weight is 381 g/mol. The van der Waals surface area contributed by atoms with Crippen molar-refractivity contribution in [1.29, 1.82) is 5.26 Å². The number of rotatable bonds is 10. The summed E-state index contributed by atoms with van der Waals surface area (Å²) in [6.45, 7) is 10.1. The highest BCUT2D eigenvalue weighted by Crippen LogP contribution is 2.23. The van der Waals surface area contributed by atoms with Crippen molar-refractivity contribution >= 4 is 23.4 Å². The van der Waals surface area contributed by atoms with Gasteiger partial charge in [-0.05, 0) is 72.4 Å². The van der Waals surface area contributed by atoms with Crippen molar-refractivity contribution in [3.63, 3.8) is 0 Å². The number of thioether (sulfide) groups is 1. The van der Waals surface area contributed by atoms with Crippen LogP contribution in [0.3, 0.4) is 0 Å². The van der Waals surface area contributed by atoms with Gasteiger partial charge in [-0.2, -0.15) is 5.26 Å². The lowest BCUT2D eigenvalue weighted by Gasteiger charge is -2.18. The summed E-state index contributed by atoms with van der Waals surface area (Å²) in [5.74, 6) is 1.89. The fraction of sp³-hybridized carbons (Fsp3) is 0.348. The number of likely N-dealkylation sites (N-methyl/N-ethyl adjacent to an activating group) is 1. The second-order valence-electron chi connectivity index (χ2n) is 6.07. The zero-order valence-corrected chi connectivity index (χ0v) is 17.3. The third kappa shape index (κ3) is 6.78. The van der Waals surface area contributed by atoms with Crippen molar-refractivity contribution < 1.29 is 4.74 Å². The predicted octanol–water partition coefficient (Wildman–Crippen LogP) is 5.58. The van der Waals surface area contributed by atoms with Crippen LogP contribution in [0, 0.1) is 11.3 Å². The molecule has 0 aromatic heterocycles. The molecule has 0 fully saturated rings. The first-order valence-corrected chi connectivity index (χ1v) is 10.5. The van der Waals surface area contributed by atoms with E-state index >= 15 is 0 Å². The first kappa shape index (κ1) is 21.1. The largest absolute Gasteiger partial charge is 0.492 e. The van der Waals surface area contributed by atoms with Crippen molar-refractivity contribution in [2.75, 3.05) is 32.0 Å². The van der Waals surface area contributed by atoms with Crippen molar-refractivity contribution in [1.82, 2.24) is 4.90 Å². The molecule has 2 aromatic rings. The number of nitrogens with zero attached hydrogens (tertiary/aromatic N) is 2. The van der Waals surface area contributed by atoms with Gasteiger partial charge in [0.25, 0.3) is 0 Å². The Bertz CT molecular complexity index is 756. The number of allylic oxidation sites excluding steroid dienone is 1. The minimum atomic E-state index is 0.653. The molecule has 0 bridgehead atoms. The smallest absolute Gasteiger partial charge is 0.119 e. The molecule has 0 amide bonds. The Morgan fingerprint density at radius 1 is 1.04 bits per heavy atom. The van der Waals surface area contributed by atoms with Gasteiger partial charge in [0.15, 0.2) is 0 Å². The van der Waals surface area contributed by atoms with Crippen molar-refractivity contribution in [3.8, 4) is 11.8 Å². The van der Waals surface area contributed by atoms with Crippen LogP contribution in [-0.2, 0) is 0 Å². The zero-order valence-electron chi connectivity index (χ0n) is 16.4. The maximum Gasteiger partial charge on any atom is 0.119 e. The van der Waals surface area contributed by atoms with Crippen LogP contribution >= 0.6 is 11.8 Å². The summed E-state index contributed by atoms with van der Waals surface area (Å²) in [5.41, 5.74) is 2.59. The fourth-order valence-corrected chi connectivity index (χ4v) is 3.40. The fourth-order valence-electron chi connectivity index (χ4n) is 2.74. The van der Waals surface area contributed by atoms with Gasteiger partial charge in [0.1, 0.15) is 12.4 Å². The highest BCUT2D eigenvalue weighted by molar-refractivity contribution is 7.99. The molecule has 2 rings (SSSR count). The lowest BCUT2D eigenvalue weighted by molar-refractivity contribution is 0.223. The lowest BCUT2D eigenvalue weighted by atomic mass is 10.0. The molecule has 0 spiro atoms. The summed E-state index contributed by atoms with van der Waals surface area (Å²) < 4.78 is 5.82. The summed E-state index contributed by atoms with van der Waals surface area (Å²) in [7, 11) is 0. The van der Waals surface area contributed by atoms with Gasteiger partial charge in [0.2, 0.25) is 0 Å². The molecule has 0 radical (unpaired) electrons. The summed E-state index contributed by atoms with van der Waals surface area (Å²) in [6.07, 6.45) is 1.93. The van der Waals surface area contributed by atoms with Crippen LogP contribution in [0.15, 0.2) is 53.4 Å². The van der Waals surface area contributed by atoms with Gasteiger partial charge in [-0.25, -0.2) is 0 Å². The van der Waals surface area contributed by atoms with Crippen LogP contribution in [-0.4, -0.2) is 36.9 Å². The van der Waals surface area contributed by atoms with Crippen LogP contribution in [0.2, 0.25) is 0 Å². The molecule has 0 saturated carbocycles. The lowest BCUT2D eigenvalue weighted by Crippen LogP contribution is -2.27. The van der Waals surface area contributed by atoms with Gasteiger partial charge in [-0.1, -0.05) is 32.9 Å². The van der Waals surface area contributed by atoms with E-state index < -0.39 is 0 Å². The molecule has 0 saturated heterocycles. The molecule has 3 nitrogen and oxygen atoms in total. The van der Waals surface area contributed by atoms with Crippen molar-refractivity contribution in [2.45, 2.75) is 25.7 Å². The topological polar surface area (TPSA) is 36.3 Å². The SMILES string of the molecule is CCSc1ccc(/C=C(\C#N)c2ccc(OCCN(CC)CC)cc2)cc1. The molecule has 27 heavy (non-hydrogen) atoms. The Balaban J connectivity index is 2.01. The highest BCUT2D eigenvalue weighted by Gasteiger charge is 2.04. The Morgan fingerprint density at radius 2 is 1.70 bits per heavy atom. The Morgan fingerprint density at radius 3 is 2.26 bits per heavy atom. The van der Waals surface area contributed by atoms with Crippen LogP contribution in [0.5, 0.6) is 5.75 Å². The molecule has 0 aliphatic rings. The van der Waals surface area contributed by atoms with Crippen LogP contribution in [0.1, 0.15) is 31.9 Å². The minimum absolute atomic E-state index is 0.653. The molecule has 2 aromatic carbocycles. The van der Waals surface area contributed by atoms with Crippen molar-refractivity contribution in [2.24, 2.45) is 0 Å². The van der Waals surface area contributed by atoms with E-state index in [4.69, 9.17) is 4.74 Å². The van der Waals surface area contributed by atoms with E-state index in [1.807, 2.05) is 42.1 Å². The molecular weight excluding hydrogens is 352 g/mol. The molecule has 4 heteroatoms. The van der Waals surface area contributed by atoms with Crippen LogP contribution < -0.4 is 4.74 Å². The predicted molar refractivity (Wildman–Crippen MR) is 116 cm³/mol. The molecular formula is C23H28N2OS. The quantitative estimate of drug-likeness (QED) is 0.306. The molecule has 0 aliphatic carbocycles. The standard InChI is InChI=1S/C23H28N2OS/c1-4-25(5-2)15-16-26-22-11-9-20(10-12-22)21(18-24)17-19-7-13-23(14-8-19)27-6-3/h7-14,17H,4-6,15-16H2,1-3H3/b21-17+. The van der Waals surface area contributed by atoms with Crippen LogP contribution in [0.25, 0.3) is 11.6 Å². The highest BCUT2D eigenvalue weighted by atomic mass is 32.2. The van der Waals surface area contributed by atoms with E-state index in [0.717, 1.165) is 42.3 Å². The minimum Gasteiger partial charge on any atom is -0.492 e. The maximum atomic E-state index is 9.55. The van der Waals surface area contributed by atoms with E-state index in [1.54, 1.807) is 0 Å². The molecule has 0 atom stereocenters. The molecule has 0 heterocycles. The first-order chi connectivity index (χ1) is 13.2.